The van der Waals surface area contributed by atoms with Gasteiger partial charge in [0.2, 0.25) is 0 Å². The van der Waals surface area contributed by atoms with Crippen molar-refractivity contribution in [3.05, 3.63) is 0 Å². The van der Waals surface area contributed by atoms with Gasteiger partial charge in [-0.15, -0.1) is 0 Å². The molecule has 0 aromatic rings. The first-order valence-electron chi connectivity index (χ1n) is 1.76. The number of hydroxylamine groups is 1. The summed E-state index contributed by atoms with van der Waals surface area (Å²) >= 11 is 0. The van der Waals surface area contributed by atoms with E-state index in [-0.39, 0.29) is 6.04 Å². The largest absolute Gasteiger partial charge is 0.301 e. The second-order valence-electron chi connectivity index (χ2n) is 1.17. The zero-order valence-corrected chi connectivity index (χ0v) is 3.18. The molecule has 0 spiro atoms. The maximum Gasteiger partial charge on any atom is 0.141 e. The van der Waals surface area contributed by atoms with Crippen molar-refractivity contribution in [1.82, 2.24) is 5.48 Å². The molecule has 1 fully saturated rings. The van der Waals surface area contributed by atoms with Crippen LogP contribution in [0, 0.1) is 0 Å². The van der Waals surface area contributed by atoms with Crippen molar-refractivity contribution in [3.63, 3.8) is 0 Å². The normalized spacial score (nSPS) is 31.7. The summed E-state index contributed by atoms with van der Waals surface area (Å²) in [5.41, 5.74) is 2.43. The third-order valence-electron chi connectivity index (χ3n) is 0.662. The molecular weight excluding hydrogens is 82.0 g/mol. The lowest BCUT2D eigenvalue weighted by Gasteiger charge is -2.20. The molecular formula is C3H5NO2. The van der Waals surface area contributed by atoms with Gasteiger partial charge in [-0.3, -0.25) is 4.84 Å². The molecule has 34 valence electrons. The fourth-order valence-electron chi connectivity index (χ4n) is 0.247. The van der Waals surface area contributed by atoms with E-state index in [2.05, 4.69) is 10.3 Å². The molecule has 0 aromatic carbocycles. The molecule has 1 heterocycles. The van der Waals surface area contributed by atoms with E-state index in [0.717, 1.165) is 6.29 Å². The lowest BCUT2D eigenvalue weighted by atomic mass is 10.3. The Morgan fingerprint density at radius 2 is 2.67 bits per heavy atom. The van der Waals surface area contributed by atoms with Crippen LogP contribution in [0.25, 0.3) is 0 Å². The Balaban J connectivity index is 2.16. The van der Waals surface area contributed by atoms with Gasteiger partial charge in [-0.1, -0.05) is 0 Å². The van der Waals surface area contributed by atoms with Crippen LogP contribution in [0.1, 0.15) is 0 Å². The number of carbonyl (C=O) groups is 1. The second kappa shape index (κ2) is 1.36. The Labute approximate surface area is 35.2 Å². The molecule has 0 bridgehead atoms. The average Bonchev–Trinajstić information content (AvgIpc) is 1.31. The third kappa shape index (κ3) is 0.418. The molecule has 1 N–H and O–H groups in total. The minimum Gasteiger partial charge on any atom is -0.301 e. The van der Waals surface area contributed by atoms with Crippen molar-refractivity contribution in [3.8, 4) is 0 Å². The van der Waals surface area contributed by atoms with Gasteiger partial charge in [0.25, 0.3) is 0 Å². The van der Waals surface area contributed by atoms with E-state index < -0.39 is 0 Å². The molecule has 0 amide bonds. The van der Waals surface area contributed by atoms with Gasteiger partial charge >= 0.3 is 0 Å². The van der Waals surface area contributed by atoms with Gasteiger partial charge in [0.15, 0.2) is 0 Å². The number of nitrogens with one attached hydrogen (secondary N) is 1. The van der Waals surface area contributed by atoms with Crippen molar-refractivity contribution < 1.29 is 9.63 Å². The fraction of sp³-hybridized carbons (Fsp3) is 0.667. The summed E-state index contributed by atoms with van der Waals surface area (Å²) in [6, 6.07) is -0.0370. The van der Waals surface area contributed by atoms with E-state index in [1.54, 1.807) is 0 Å². The van der Waals surface area contributed by atoms with Crippen LogP contribution in [0.3, 0.4) is 0 Å². The SMILES string of the molecule is O=CC1CON1. The minimum absolute atomic E-state index is 0.0370. The maximum absolute atomic E-state index is 9.64. The molecule has 6 heavy (non-hydrogen) atoms. The third-order valence-corrected chi connectivity index (χ3v) is 0.662. The number of aldehydes is 1. The van der Waals surface area contributed by atoms with Gasteiger partial charge in [-0.05, 0) is 0 Å². The van der Waals surface area contributed by atoms with Gasteiger partial charge < -0.3 is 4.79 Å². The Kier molecular flexibility index (Phi) is 0.856. The first kappa shape index (κ1) is 3.77. The number of rotatable bonds is 1. The van der Waals surface area contributed by atoms with E-state index in [9.17, 15) is 4.79 Å². The van der Waals surface area contributed by atoms with Gasteiger partial charge in [-0.2, -0.15) is 5.48 Å². The highest BCUT2D eigenvalue weighted by Gasteiger charge is 2.14. The van der Waals surface area contributed by atoms with E-state index in [1.807, 2.05) is 0 Å². The molecule has 0 radical (unpaired) electrons. The van der Waals surface area contributed by atoms with Crippen molar-refractivity contribution in [1.29, 1.82) is 0 Å². The summed E-state index contributed by atoms with van der Waals surface area (Å²) < 4.78 is 0. The number of carbonyl (C=O) groups excluding carboxylic acids is 1. The summed E-state index contributed by atoms with van der Waals surface area (Å²) in [4.78, 5) is 14.1. The quantitative estimate of drug-likeness (QED) is 0.421. The number of hydrogen-bond acceptors (Lipinski definition) is 3. The summed E-state index contributed by atoms with van der Waals surface area (Å²) in [7, 11) is 0. The van der Waals surface area contributed by atoms with Crippen molar-refractivity contribution in [2.24, 2.45) is 0 Å². The highest BCUT2D eigenvalue weighted by Crippen LogP contribution is 1.88. The summed E-state index contributed by atoms with van der Waals surface area (Å²) in [6.07, 6.45) is 0.823. The topological polar surface area (TPSA) is 38.3 Å². The van der Waals surface area contributed by atoms with Gasteiger partial charge in [0, 0.05) is 0 Å². The molecule has 0 saturated carbocycles. The van der Waals surface area contributed by atoms with Crippen LogP contribution in [0.2, 0.25) is 0 Å². The zero-order chi connectivity index (χ0) is 4.41. The predicted molar refractivity (Wildman–Crippen MR) is 18.9 cm³/mol. The second-order valence-corrected chi connectivity index (χ2v) is 1.17. The van der Waals surface area contributed by atoms with Crippen molar-refractivity contribution in [2.75, 3.05) is 6.61 Å². The van der Waals surface area contributed by atoms with Gasteiger partial charge in [0.05, 0.1) is 6.61 Å². The summed E-state index contributed by atoms with van der Waals surface area (Å²) in [5.74, 6) is 0. The zero-order valence-electron chi connectivity index (χ0n) is 3.18. The Morgan fingerprint density at radius 3 is 2.67 bits per heavy atom. The molecule has 0 aliphatic carbocycles. The first-order valence-corrected chi connectivity index (χ1v) is 1.76. The van der Waals surface area contributed by atoms with Crippen LogP contribution < -0.4 is 5.48 Å². The van der Waals surface area contributed by atoms with Crippen LogP contribution in [0.5, 0.6) is 0 Å². The molecule has 1 aliphatic heterocycles. The highest BCUT2D eigenvalue weighted by molar-refractivity contribution is 5.58. The molecule has 0 aromatic heterocycles. The number of hydrogen-bond donors (Lipinski definition) is 1. The van der Waals surface area contributed by atoms with Crippen molar-refractivity contribution in [2.45, 2.75) is 6.04 Å². The van der Waals surface area contributed by atoms with Crippen LogP contribution in [0.15, 0.2) is 0 Å². The average molecular weight is 87.1 g/mol. The lowest BCUT2D eigenvalue weighted by Crippen LogP contribution is -2.46. The summed E-state index contributed by atoms with van der Waals surface area (Å²) in [6.45, 7) is 0.531. The first-order chi connectivity index (χ1) is 2.93. The molecule has 1 aliphatic rings. The maximum atomic E-state index is 9.64. The molecule has 3 nitrogen and oxygen atoms in total. The van der Waals surface area contributed by atoms with Crippen LogP contribution in [0.4, 0.5) is 0 Å². The van der Waals surface area contributed by atoms with E-state index >= 15 is 0 Å². The molecule has 3 heteroatoms. The Bertz CT molecular complexity index is 59.8. The molecule has 1 unspecified atom stereocenters. The molecule has 1 rings (SSSR count). The minimum atomic E-state index is -0.0370. The van der Waals surface area contributed by atoms with Crippen LogP contribution >= 0.6 is 0 Å². The standard InChI is InChI=1S/C3H5NO2/c5-1-3-2-6-4-3/h1,3-4H,2H2. The van der Waals surface area contributed by atoms with E-state index in [0.29, 0.717) is 6.61 Å². The Hall–Kier alpha value is -0.410. The van der Waals surface area contributed by atoms with Crippen LogP contribution in [-0.2, 0) is 9.63 Å². The van der Waals surface area contributed by atoms with E-state index in [1.165, 1.54) is 0 Å². The lowest BCUT2D eigenvalue weighted by molar-refractivity contribution is -0.134. The highest BCUT2D eigenvalue weighted by atomic mass is 16.7. The van der Waals surface area contributed by atoms with Crippen molar-refractivity contribution >= 4 is 6.29 Å². The summed E-state index contributed by atoms with van der Waals surface area (Å²) in [5, 5.41) is 0. The smallest absolute Gasteiger partial charge is 0.141 e. The monoisotopic (exact) mass is 87.0 g/mol. The Morgan fingerprint density at radius 1 is 2.00 bits per heavy atom. The molecule has 1 saturated heterocycles. The van der Waals surface area contributed by atoms with Gasteiger partial charge in [-0.25, -0.2) is 0 Å². The van der Waals surface area contributed by atoms with E-state index in [4.69, 9.17) is 0 Å². The van der Waals surface area contributed by atoms with Gasteiger partial charge in [0.1, 0.15) is 12.3 Å². The molecule has 1 atom stereocenters. The fourth-order valence-corrected chi connectivity index (χ4v) is 0.247. The predicted octanol–water partition coefficient (Wildman–Crippen LogP) is -0.911. The van der Waals surface area contributed by atoms with Crippen LogP contribution in [-0.4, -0.2) is 18.9 Å².